The number of rotatable bonds is 15. The van der Waals surface area contributed by atoms with Crippen LogP contribution in [0.4, 0.5) is 4.79 Å². The van der Waals surface area contributed by atoms with Crippen molar-refractivity contribution in [2.75, 3.05) is 30.6 Å². The van der Waals surface area contributed by atoms with Crippen LogP contribution in [0, 0.1) is 12.8 Å². The lowest BCUT2D eigenvalue weighted by molar-refractivity contribution is -0.146. The van der Waals surface area contributed by atoms with Gasteiger partial charge in [-0.05, 0) is 98.6 Å². The second-order valence-electron chi connectivity index (χ2n) is 13.1. The molecular weight excluding hydrogens is 617 g/mol. The van der Waals surface area contributed by atoms with Crippen molar-refractivity contribution in [2.45, 2.75) is 104 Å². The van der Waals surface area contributed by atoms with Gasteiger partial charge in [0, 0.05) is 23.9 Å². The van der Waals surface area contributed by atoms with Crippen molar-refractivity contribution in [3.63, 3.8) is 0 Å². The van der Waals surface area contributed by atoms with Crippen LogP contribution in [0.25, 0.3) is 11.1 Å². The van der Waals surface area contributed by atoms with Crippen molar-refractivity contribution >= 4 is 41.5 Å². The predicted octanol–water partition coefficient (Wildman–Crippen LogP) is 8.52. The van der Waals surface area contributed by atoms with Crippen molar-refractivity contribution in [3.05, 3.63) is 59.2 Å². The van der Waals surface area contributed by atoms with Crippen molar-refractivity contribution in [3.8, 4) is 11.1 Å². The van der Waals surface area contributed by atoms with Gasteiger partial charge in [-0.15, -0.1) is 0 Å². The summed E-state index contributed by atoms with van der Waals surface area (Å²) in [6.45, 7) is 10.1. The van der Waals surface area contributed by atoms with E-state index in [1.165, 1.54) is 57.4 Å². The Morgan fingerprint density at radius 3 is 2.39 bits per heavy atom. The average molecular weight is 671 g/mol. The minimum Gasteiger partial charge on any atom is -0.467 e. The first kappa shape index (κ1) is 38.0. The highest BCUT2D eigenvalue weighted by Gasteiger charge is 2.39. The van der Waals surface area contributed by atoms with Gasteiger partial charge < -0.3 is 14.8 Å². The number of aryl methyl sites for hydroxylation is 1. The van der Waals surface area contributed by atoms with Crippen LogP contribution in [0.1, 0.15) is 94.1 Å². The molecule has 1 aliphatic carbocycles. The van der Waals surface area contributed by atoms with E-state index >= 15 is 0 Å². The number of hydrogen-bond donors (Lipinski definition) is 1. The molecule has 1 saturated carbocycles. The molecule has 0 aromatic heterocycles. The standard InChI is InChI=1S/C37H54N2O5S2/c1-8-46-25-29(22-27-15-10-9-11-16-27)38-24-28-18-19-31(32(23-28)30-17-13-12-14-26(30)2)34(40)39(36(42)44-37(3,4)5)33(20-21-45-7)35(41)43-6/h12-14,17-19,23,27,29,33,38H,8-11,15-16,20-22,24-25H2,1-7H3/t29?,33-/m0/s1. The number of carbonyl (C=O) groups is 3. The highest BCUT2D eigenvalue weighted by Crippen LogP contribution is 2.32. The number of methoxy groups -OCH3 is 1. The molecule has 1 unspecified atom stereocenters. The molecule has 254 valence electrons. The molecule has 2 aromatic rings. The molecule has 2 amide bonds. The van der Waals surface area contributed by atoms with Gasteiger partial charge in [0.05, 0.1) is 7.11 Å². The van der Waals surface area contributed by atoms with E-state index in [1.54, 1.807) is 26.8 Å². The Bertz CT molecular complexity index is 1290. The molecule has 9 heteroatoms. The van der Waals surface area contributed by atoms with E-state index in [1.807, 2.05) is 55.3 Å². The van der Waals surface area contributed by atoms with Gasteiger partial charge in [0.15, 0.2) is 0 Å². The number of nitrogens with zero attached hydrogens (tertiary/aromatic N) is 1. The minimum absolute atomic E-state index is 0.249. The fraction of sp³-hybridized carbons (Fsp3) is 0.595. The highest BCUT2D eigenvalue weighted by molar-refractivity contribution is 7.99. The number of benzene rings is 2. The monoisotopic (exact) mass is 670 g/mol. The molecule has 2 atom stereocenters. The molecule has 0 spiro atoms. The summed E-state index contributed by atoms with van der Waals surface area (Å²) in [5, 5.41) is 3.84. The minimum atomic E-state index is -1.12. The number of carbonyl (C=O) groups excluding carboxylic acids is 3. The van der Waals surface area contributed by atoms with Gasteiger partial charge in [-0.2, -0.15) is 23.5 Å². The molecular formula is C37H54N2O5S2. The summed E-state index contributed by atoms with van der Waals surface area (Å²) in [4.78, 5) is 42.2. The second kappa shape index (κ2) is 18.7. The molecule has 2 aromatic carbocycles. The molecule has 0 saturated heterocycles. The van der Waals surface area contributed by atoms with Gasteiger partial charge in [0.1, 0.15) is 11.6 Å². The SMILES string of the molecule is CCSCC(CC1CCCCC1)NCc1ccc(C(=O)N(C(=O)OC(C)(C)C)[C@@H](CCSC)C(=O)OC)c(-c2ccccc2C)c1. The average Bonchev–Trinajstić information content (AvgIpc) is 3.03. The first-order chi connectivity index (χ1) is 22.0. The van der Waals surface area contributed by atoms with Crippen LogP contribution >= 0.6 is 23.5 Å². The Balaban J connectivity index is 2.02. The zero-order valence-electron chi connectivity index (χ0n) is 28.9. The second-order valence-corrected chi connectivity index (χ2v) is 15.5. The third kappa shape index (κ3) is 11.3. The maximum absolute atomic E-state index is 14.5. The zero-order valence-corrected chi connectivity index (χ0v) is 30.5. The van der Waals surface area contributed by atoms with Crippen LogP contribution in [0.5, 0.6) is 0 Å². The van der Waals surface area contributed by atoms with Crippen LogP contribution < -0.4 is 5.32 Å². The van der Waals surface area contributed by atoms with Gasteiger partial charge in [-0.3, -0.25) is 4.79 Å². The maximum Gasteiger partial charge on any atom is 0.418 e. The normalized spacial score (nSPS) is 15.2. The van der Waals surface area contributed by atoms with Crippen LogP contribution in [0.15, 0.2) is 42.5 Å². The summed E-state index contributed by atoms with van der Waals surface area (Å²) in [6, 6.07) is 13.0. The largest absolute Gasteiger partial charge is 0.467 e. The lowest BCUT2D eigenvalue weighted by atomic mass is 9.85. The molecule has 46 heavy (non-hydrogen) atoms. The van der Waals surface area contributed by atoms with Gasteiger partial charge >= 0.3 is 12.1 Å². The predicted molar refractivity (Wildman–Crippen MR) is 193 cm³/mol. The number of nitrogens with one attached hydrogen (secondary N) is 1. The van der Waals surface area contributed by atoms with Crippen LogP contribution in [0.3, 0.4) is 0 Å². The molecule has 1 aliphatic rings. The first-order valence-corrected chi connectivity index (χ1v) is 19.2. The Hall–Kier alpha value is -2.49. The van der Waals surface area contributed by atoms with Gasteiger partial charge in [0.25, 0.3) is 5.91 Å². The summed E-state index contributed by atoms with van der Waals surface area (Å²) < 4.78 is 10.8. The molecule has 3 rings (SSSR count). The topological polar surface area (TPSA) is 84.9 Å². The van der Waals surface area contributed by atoms with Crippen LogP contribution in [-0.2, 0) is 20.8 Å². The third-order valence-electron chi connectivity index (χ3n) is 8.40. The fourth-order valence-corrected chi connectivity index (χ4v) is 7.29. The summed E-state index contributed by atoms with van der Waals surface area (Å²) >= 11 is 3.50. The summed E-state index contributed by atoms with van der Waals surface area (Å²) in [5.74, 6) is 2.26. The summed E-state index contributed by atoms with van der Waals surface area (Å²) in [5.41, 5.74) is 3.15. The zero-order chi connectivity index (χ0) is 33.7. The fourth-order valence-electron chi connectivity index (χ4n) is 6.05. The van der Waals surface area contributed by atoms with Crippen LogP contribution in [0.2, 0.25) is 0 Å². The van der Waals surface area contributed by atoms with E-state index in [9.17, 15) is 14.4 Å². The van der Waals surface area contributed by atoms with Gasteiger partial charge in [-0.25, -0.2) is 14.5 Å². The molecule has 0 heterocycles. The van der Waals surface area contributed by atoms with Crippen molar-refractivity contribution < 1.29 is 23.9 Å². The Morgan fingerprint density at radius 2 is 1.76 bits per heavy atom. The number of ether oxygens (including phenoxy) is 2. The van der Waals surface area contributed by atoms with E-state index in [2.05, 4.69) is 18.3 Å². The Morgan fingerprint density at radius 1 is 1.04 bits per heavy atom. The Labute approximate surface area is 285 Å². The van der Waals surface area contributed by atoms with E-state index in [-0.39, 0.29) is 6.42 Å². The van der Waals surface area contributed by atoms with E-state index in [0.29, 0.717) is 23.9 Å². The lowest BCUT2D eigenvalue weighted by Gasteiger charge is -2.31. The van der Waals surface area contributed by atoms with E-state index in [4.69, 9.17) is 9.47 Å². The van der Waals surface area contributed by atoms with E-state index < -0.39 is 29.6 Å². The third-order valence-corrected chi connectivity index (χ3v) is 10.1. The number of hydrogen-bond acceptors (Lipinski definition) is 8. The van der Waals surface area contributed by atoms with Crippen LogP contribution in [-0.4, -0.2) is 71.2 Å². The molecule has 0 radical (unpaired) electrons. The number of thioether (sulfide) groups is 2. The first-order valence-electron chi connectivity index (χ1n) is 16.6. The molecule has 0 bridgehead atoms. The van der Waals surface area contributed by atoms with Gasteiger partial charge in [-0.1, -0.05) is 69.4 Å². The molecule has 7 nitrogen and oxygen atoms in total. The lowest BCUT2D eigenvalue weighted by Crippen LogP contribution is -2.51. The quantitative estimate of drug-likeness (QED) is 0.189. The maximum atomic E-state index is 14.5. The highest BCUT2D eigenvalue weighted by atomic mass is 32.2. The molecule has 1 fully saturated rings. The summed E-state index contributed by atoms with van der Waals surface area (Å²) in [6.07, 6.45) is 9.15. The smallest absolute Gasteiger partial charge is 0.418 e. The summed E-state index contributed by atoms with van der Waals surface area (Å²) in [7, 11) is 1.27. The molecule has 1 N–H and O–H groups in total. The van der Waals surface area contributed by atoms with Crippen molar-refractivity contribution in [2.24, 2.45) is 5.92 Å². The number of esters is 1. The number of amides is 2. The van der Waals surface area contributed by atoms with Crippen molar-refractivity contribution in [1.29, 1.82) is 0 Å². The molecule has 0 aliphatic heterocycles. The van der Waals surface area contributed by atoms with Gasteiger partial charge in [0.2, 0.25) is 0 Å². The number of imide groups is 1. The Kier molecular flexibility index (Phi) is 15.5. The van der Waals surface area contributed by atoms with Crippen molar-refractivity contribution in [1.82, 2.24) is 10.2 Å². The van der Waals surface area contributed by atoms with E-state index in [0.717, 1.165) is 44.6 Å².